The zero-order chi connectivity index (χ0) is 53.2. The Hall–Kier alpha value is -3.32. The molecule has 408 valence electrons. The molecule has 0 unspecified atom stereocenters. The maximum absolute atomic E-state index is 14.5. The first-order valence-corrected chi connectivity index (χ1v) is 25.5. The van der Waals surface area contributed by atoms with Crippen molar-refractivity contribution in [2.75, 3.05) is 34.3 Å². The molecule has 4 aliphatic heterocycles. The summed E-state index contributed by atoms with van der Waals surface area (Å²) in [6, 6.07) is 2.55. The lowest BCUT2D eigenvalue weighted by Crippen LogP contribution is -2.61. The summed E-state index contributed by atoms with van der Waals surface area (Å²) in [5, 5.41) is 72.4. The second-order valence-electron chi connectivity index (χ2n) is 22.0. The Balaban J connectivity index is 1.23. The zero-order valence-corrected chi connectivity index (χ0v) is 44.4. The van der Waals surface area contributed by atoms with E-state index in [2.05, 4.69) is 15.5 Å². The van der Waals surface area contributed by atoms with Gasteiger partial charge in [-0.25, -0.2) is 13.5 Å². The SMILES string of the molecule is CC[C@H]1OC(=O)[C@H](C)[C@@H](O[C@H]2C[C@@](C)(OC)[C@@H](O)[C@H](C)O2)[C@H](C)[C@@H](O[C@@H]2O[C@H](C)C[C@H](N(C)CCc3cn(C[C@H]4CC(c5ccc(F)c(F)c5)=NO4)nn3)[C@H]2O)[C@](C)(O)C[C@@H](C)CN(C)[C@H](C)[C@@H](O)[C@]1(C)O. The number of rotatable bonds is 13. The van der Waals surface area contributed by atoms with Gasteiger partial charge in [0.2, 0.25) is 0 Å². The molecule has 19 nitrogen and oxygen atoms in total. The monoisotopic (exact) mass is 1020 g/mol. The van der Waals surface area contributed by atoms with Crippen molar-refractivity contribution in [2.45, 2.75) is 211 Å². The maximum atomic E-state index is 14.5. The van der Waals surface area contributed by atoms with Gasteiger partial charge >= 0.3 is 5.97 Å². The predicted molar refractivity (Wildman–Crippen MR) is 259 cm³/mol. The normalized spacial score (nSPS) is 41.1. The van der Waals surface area contributed by atoms with Crippen LogP contribution in [-0.4, -0.2) is 193 Å². The highest BCUT2D eigenvalue weighted by Crippen LogP contribution is 2.40. The third-order valence-corrected chi connectivity index (χ3v) is 15.8. The van der Waals surface area contributed by atoms with E-state index in [0.29, 0.717) is 55.9 Å². The lowest BCUT2D eigenvalue weighted by molar-refractivity contribution is -0.318. The van der Waals surface area contributed by atoms with Gasteiger partial charge in [-0.2, -0.15) is 0 Å². The number of carbonyl (C=O) groups is 1. The molecule has 0 saturated carbocycles. The van der Waals surface area contributed by atoms with Crippen LogP contribution in [0.15, 0.2) is 29.6 Å². The van der Waals surface area contributed by atoms with E-state index in [1.807, 2.05) is 37.7 Å². The average molecular weight is 1030 g/mol. The van der Waals surface area contributed by atoms with E-state index < -0.39 is 120 Å². The van der Waals surface area contributed by atoms with Crippen LogP contribution < -0.4 is 0 Å². The summed E-state index contributed by atoms with van der Waals surface area (Å²) in [5.74, 6) is -4.77. The van der Waals surface area contributed by atoms with E-state index >= 15 is 0 Å². The molecule has 5 N–H and O–H groups in total. The minimum atomic E-state index is -1.85. The Kier molecular flexibility index (Phi) is 19.1. The van der Waals surface area contributed by atoms with Crippen LogP contribution in [0.5, 0.6) is 0 Å². The number of aromatic nitrogens is 3. The molecule has 2 aromatic rings. The smallest absolute Gasteiger partial charge is 0.311 e. The largest absolute Gasteiger partial charge is 0.459 e. The number of hydrogen-bond acceptors (Lipinski definition) is 18. The molecule has 1 aromatic heterocycles. The van der Waals surface area contributed by atoms with Crippen molar-refractivity contribution in [2.24, 2.45) is 22.9 Å². The van der Waals surface area contributed by atoms with E-state index in [4.69, 9.17) is 33.3 Å². The van der Waals surface area contributed by atoms with Gasteiger partial charge in [0.1, 0.15) is 30.0 Å². The molecule has 5 heterocycles. The van der Waals surface area contributed by atoms with Gasteiger partial charge < -0.3 is 68.6 Å². The van der Waals surface area contributed by atoms with Crippen LogP contribution in [0.2, 0.25) is 0 Å². The van der Waals surface area contributed by atoms with Crippen LogP contribution in [-0.2, 0) is 51.0 Å². The number of aliphatic hydroxyl groups excluding tert-OH is 3. The third kappa shape index (κ3) is 13.2. The molecule has 0 spiro atoms. The van der Waals surface area contributed by atoms with Crippen molar-refractivity contribution >= 4 is 11.7 Å². The Morgan fingerprint density at radius 1 is 0.972 bits per heavy atom. The number of carbonyl (C=O) groups excluding carboxylic acids is 1. The number of ether oxygens (including phenoxy) is 6. The van der Waals surface area contributed by atoms with Crippen molar-refractivity contribution in [3.8, 4) is 0 Å². The Labute approximate surface area is 423 Å². The number of likely N-dealkylation sites (N-methyl/N-ethyl adjacent to an activating group) is 2. The zero-order valence-electron chi connectivity index (χ0n) is 44.4. The number of benzene rings is 1. The van der Waals surface area contributed by atoms with E-state index in [1.54, 1.807) is 59.3 Å². The van der Waals surface area contributed by atoms with Gasteiger partial charge in [-0.3, -0.25) is 4.79 Å². The van der Waals surface area contributed by atoms with Gasteiger partial charge in [-0.15, -0.1) is 5.10 Å². The molecular weight excluding hydrogens is 943 g/mol. The fourth-order valence-corrected chi connectivity index (χ4v) is 11.2. The van der Waals surface area contributed by atoms with Crippen molar-refractivity contribution in [1.82, 2.24) is 24.8 Å². The highest BCUT2D eigenvalue weighted by molar-refractivity contribution is 6.01. The molecule has 0 radical (unpaired) electrons. The molecule has 3 fully saturated rings. The van der Waals surface area contributed by atoms with E-state index in [-0.39, 0.29) is 31.3 Å². The van der Waals surface area contributed by atoms with E-state index in [0.717, 1.165) is 12.1 Å². The van der Waals surface area contributed by atoms with Gasteiger partial charge in [0.25, 0.3) is 0 Å². The van der Waals surface area contributed by atoms with Crippen molar-refractivity contribution < 1.29 is 72.4 Å². The molecule has 72 heavy (non-hydrogen) atoms. The molecule has 4 aliphatic rings. The topological polar surface area (TPSA) is 232 Å². The molecule has 0 amide bonds. The van der Waals surface area contributed by atoms with Gasteiger partial charge in [-0.1, -0.05) is 31.1 Å². The lowest BCUT2D eigenvalue weighted by atomic mass is 9.77. The summed E-state index contributed by atoms with van der Waals surface area (Å²) in [5.41, 5.74) is -2.95. The summed E-state index contributed by atoms with van der Waals surface area (Å²) in [4.78, 5) is 24.0. The first kappa shape index (κ1) is 57.9. The average Bonchev–Trinajstić information content (AvgIpc) is 3.99. The number of methoxy groups -OCH3 is 1. The number of nitrogens with zero attached hydrogens (tertiary/aromatic N) is 6. The summed E-state index contributed by atoms with van der Waals surface area (Å²) < 4.78 is 67.2. The summed E-state index contributed by atoms with van der Waals surface area (Å²) >= 11 is 0. The first-order valence-electron chi connectivity index (χ1n) is 25.5. The van der Waals surface area contributed by atoms with Crippen LogP contribution in [0, 0.1) is 29.4 Å². The summed E-state index contributed by atoms with van der Waals surface area (Å²) in [7, 11) is 5.21. The Bertz CT molecular complexity index is 2140. The van der Waals surface area contributed by atoms with Gasteiger partial charge in [0.15, 0.2) is 30.3 Å². The highest BCUT2D eigenvalue weighted by Gasteiger charge is 2.53. The fraction of sp³-hybridized carbons (Fsp3) is 0.804. The minimum absolute atomic E-state index is 0.0841. The molecular formula is C51H82F2N6O13. The van der Waals surface area contributed by atoms with Crippen LogP contribution in [0.4, 0.5) is 8.78 Å². The standard InChI is InChI=1S/C51H82F2N6O13/c1-14-40-51(10,65)44(61)31(6)58(12)24-27(2)22-49(8,64)46(29(4)43(30(5)47(63)69-40)70-41-23-50(9,66-13)45(62)32(7)68-41)71-48-42(60)39(19-28(3)67-48)57(11)18-17-34-25-59(56-54-34)26-35-21-38(55-72-35)33-15-16-36(52)37(53)20-33/h15-16,20,25,27-32,35,39-46,48,60-62,64-65H,14,17-19,21-24,26H2,1-13H3/t27-,28-,29+,30-,31-,32+,35-,39+,40-,41+,42-,43+,44-,45+,46-,48+,49-,50-,51-/m1/s1. The number of oxime groups is 1. The van der Waals surface area contributed by atoms with E-state index in [9.17, 15) is 39.1 Å². The number of halogens is 2. The number of aliphatic hydroxyl groups is 5. The van der Waals surface area contributed by atoms with Crippen LogP contribution in [0.1, 0.15) is 113 Å². The Morgan fingerprint density at radius 3 is 2.35 bits per heavy atom. The number of hydrogen-bond donors (Lipinski definition) is 5. The van der Waals surface area contributed by atoms with Crippen LogP contribution in [0.25, 0.3) is 0 Å². The van der Waals surface area contributed by atoms with Crippen molar-refractivity contribution in [3.05, 3.63) is 47.3 Å². The molecule has 1 aromatic carbocycles. The Morgan fingerprint density at radius 2 is 1.68 bits per heavy atom. The number of cyclic esters (lactones) is 1. The minimum Gasteiger partial charge on any atom is -0.459 e. The van der Waals surface area contributed by atoms with Gasteiger partial charge in [0, 0.05) is 69.2 Å². The van der Waals surface area contributed by atoms with Crippen molar-refractivity contribution in [3.63, 3.8) is 0 Å². The second kappa shape index (κ2) is 23.7. The predicted octanol–water partition coefficient (Wildman–Crippen LogP) is 3.58. The van der Waals surface area contributed by atoms with E-state index in [1.165, 1.54) is 20.1 Å². The molecule has 0 aliphatic carbocycles. The molecule has 6 rings (SSSR count). The second-order valence-corrected chi connectivity index (χ2v) is 22.0. The van der Waals surface area contributed by atoms with Gasteiger partial charge in [0.05, 0.1) is 59.5 Å². The highest BCUT2D eigenvalue weighted by atomic mass is 19.2. The summed E-state index contributed by atoms with van der Waals surface area (Å²) in [6.45, 7) is 18.6. The first-order chi connectivity index (χ1) is 33.7. The molecule has 21 heteroatoms. The molecule has 3 saturated heterocycles. The van der Waals surface area contributed by atoms with Gasteiger partial charge in [-0.05, 0) is 106 Å². The van der Waals surface area contributed by atoms with Crippen LogP contribution >= 0.6 is 0 Å². The maximum Gasteiger partial charge on any atom is 0.311 e. The molecule has 19 atom stereocenters. The lowest BCUT2D eigenvalue weighted by Gasteiger charge is -2.49. The third-order valence-electron chi connectivity index (χ3n) is 15.8. The fourth-order valence-electron chi connectivity index (χ4n) is 11.2. The van der Waals surface area contributed by atoms with Crippen LogP contribution in [0.3, 0.4) is 0 Å². The van der Waals surface area contributed by atoms with Crippen molar-refractivity contribution in [1.29, 1.82) is 0 Å². The quantitative estimate of drug-likeness (QED) is 0.181. The summed E-state index contributed by atoms with van der Waals surface area (Å²) in [6.07, 6.45) is -7.12. The number of esters is 1. The molecule has 0 bridgehead atoms.